The van der Waals surface area contributed by atoms with Crippen LogP contribution in [-0.2, 0) is 0 Å². The summed E-state index contributed by atoms with van der Waals surface area (Å²) in [5.74, 6) is 0. The Labute approximate surface area is 76.6 Å². The van der Waals surface area contributed by atoms with Gasteiger partial charge in [0.1, 0.15) is 5.71 Å². The predicted molar refractivity (Wildman–Crippen MR) is 47.7 cm³/mol. The lowest BCUT2D eigenvalue weighted by atomic mass is 9.95. The van der Waals surface area contributed by atoms with E-state index in [-0.39, 0.29) is 4.92 Å². The molecular formula is C8H14N2O3. The molecular weight excluding hydrogens is 172 g/mol. The zero-order valence-corrected chi connectivity index (χ0v) is 7.48. The van der Waals surface area contributed by atoms with Crippen molar-refractivity contribution in [2.45, 2.75) is 44.6 Å². The molecule has 5 nitrogen and oxygen atoms in total. The van der Waals surface area contributed by atoms with Crippen molar-refractivity contribution in [3.63, 3.8) is 0 Å². The van der Waals surface area contributed by atoms with Crippen LogP contribution in [0.1, 0.15) is 38.5 Å². The van der Waals surface area contributed by atoms with E-state index < -0.39 is 6.04 Å². The van der Waals surface area contributed by atoms with E-state index in [2.05, 4.69) is 5.16 Å². The maximum Gasteiger partial charge on any atom is 0.254 e. The quantitative estimate of drug-likeness (QED) is 0.385. The number of hydrogen-bond donors (Lipinski definition) is 1. The van der Waals surface area contributed by atoms with E-state index in [1.165, 1.54) is 0 Å². The number of rotatable bonds is 1. The van der Waals surface area contributed by atoms with Gasteiger partial charge in [-0.3, -0.25) is 10.1 Å². The maximum absolute atomic E-state index is 10.6. The van der Waals surface area contributed by atoms with Crippen molar-refractivity contribution < 1.29 is 10.1 Å². The Bertz CT molecular complexity index is 215. The molecule has 0 bridgehead atoms. The summed E-state index contributed by atoms with van der Waals surface area (Å²) in [5.41, 5.74) is 0.338. The van der Waals surface area contributed by atoms with Crippen LogP contribution in [0.4, 0.5) is 0 Å². The summed E-state index contributed by atoms with van der Waals surface area (Å²) in [7, 11) is 0. The van der Waals surface area contributed by atoms with Gasteiger partial charge in [-0.2, -0.15) is 0 Å². The first-order valence-electron chi connectivity index (χ1n) is 4.60. The zero-order chi connectivity index (χ0) is 9.68. The molecule has 74 valence electrons. The molecule has 0 aromatic rings. The molecule has 0 saturated heterocycles. The number of hydrogen-bond acceptors (Lipinski definition) is 4. The molecule has 1 saturated carbocycles. The smallest absolute Gasteiger partial charge is 0.254 e. The molecule has 13 heavy (non-hydrogen) atoms. The summed E-state index contributed by atoms with van der Waals surface area (Å²) in [6.07, 6.45) is 4.93. The summed E-state index contributed by atoms with van der Waals surface area (Å²) in [4.78, 5) is 10.3. The van der Waals surface area contributed by atoms with Gasteiger partial charge in [-0.25, -0.2) is 0 Å². The van der Waals surface area contributed by atoms with Gasteiger partial charge in [0.25, 0.3) is 6.04 Å². The van der Waals surface area contributed by atoms with Crippen molar-refractivity contribution in [1.29, 1.82) is 0 Å². The van der Waals surface area contributed by atoms with Crippen LogP contribution in [-0.4, -0.2) is 21.9 Å². The Hall–Kier alpha value is -1.13. The summed E-state index contributed by atoms with van der Waals surface area (Å²) in [6, 6.07) is -0.759. The molecule has 0 heterocycles. The molecule has 1 unspecified atom stereocenters. The van der Waals surface area contributed by atoms with E-state index in [0.717, 1.165) is 25.7 Å². The first-order valence-corrected chi connectivity index (χ1v) is 4.60. The summed E-state index contributed by atoms with van der Waals surface area (Å²) >= 11 is 0. The molecule has 1 atom stereocenters. The predicted octanol–water partition coefficient (Wildman–Crippen LogP) is 1.82. The topological polar surface area (TPSA) is 75.7 Å². The second-order valence-corrected chi connectivity index (χ2v) is 3.35. The van der Waals surface area contributed by atoms with Gasteiger partial charge >= 0.3 is 0 Å². The highest BCUT2D eigenvalue weighted by Crippen LogP contribution is 2.17. The minimum atomic E-state index is -0.759. The van der Waals surface area contributed by atoms with Crippen LogP contribution in [0.25, 0.3) is 0 Å². The zero-order valence-electron chi connectivity index (χ0n) is 7.48. The van der Waals surface area contributed by atoms with Gasteiger partial charge in [-0.15, -0.1) is 0 Å². The van der Waals surface area contributed by atoms with E-state index in [1.807, 2.05) is 0 Å². The highest BCUT2D eigenvalue weighted by molar-refractivity contribution is 5.88. The highest BCUT2D eigenvalue weighted by atomic mass is 16.6. The average molecular weight is 186 g/mol. The lowest BCUT2D eigenvalue weighted by Crippen LogP contribution is -2.30. The summed E-state index contributed by atoms with van der Waals surface area (Å²) in [5, 5.41) is 22.2. The molecule has 1 aliphatic rings. The van der Waals surface area contributed by atoms with Crippen LogP contribution in [0.2, 0.25) is 0 Å². The molecule has 0 radical (unpaired) electrons. The third kappa shape index (κ3) is 2.68. The molecule has 1 rings (SSSR count). The Kier molecular flexibility index (Phi) is 3.67. The lowest BCUT2D eigenvalue weighted by Gasteiger charge is -2.13. The van der Waals surface area contributed by atoms with Gasteiger partial charge in [0.2, 0.25) is 0 Å². The van der Waals surface area contributed by atoms with Gasteiger partial charge in [0, 0.05) is 11.3 Å². The Morgan fingerprint density at radius 1 is 1.38 bits per heavy atom. The molecule has 1 aliphatic carbocycles. The van der Waals surface area contributed by atoms with Gasteiger partial charge < -0.3 is 5.21 Å². The molecule has 1 fully saturated rings. The normalized spacial score (nSPS) is 28.0. The lowest BCUT2D eigenvalue weighted by molar-refractivity contribution is -0.504. The van der Waals surface area contributed by atoms with Gasteiger partial charge in [-0.1, -0.05) is 18.0 Å². The van der Waals surface area contributed by atoms with Crippen LogP contribution in [0, 0.1) is 10.1 Å². The largest absolute Gasteiger partial charge is 0.411 e. The van der Waals surface area contributed by atoms with E-state index in [9.17, 15) is 10.1 Å². The van der Waals surface area contributed by atoms with Gasteiger partial charge in [0.15, 0.2) is 0 Å². The molecule has 0 spiro atoms. The SMILES string of the molecule is O=[N+]([O-])C1CCCCCC/C1=N\O. The van der Waals surface area contributed by atoms with E-state index in [0.29, 0.717) is 18.6 Å². The Morgan fingerprint density at radius 2 is 2.08 bits per heavy atom. The van der Waals surface area contributed by atoms with Gasteiger partial charge in [-0.05, 0) is 19.3 Å². The van der Waals surface area contributed by atoms with Crippen LogP contribution in [0.3, 0.4) is 0 Å². The second kappa shape index (κ2) is 4.79. The molecule has 1 N–H and O–H groups in total. The number of nitrogens with zero attached hydrogens (tertiary/aromatic N) is 2. The van der Waals surface area contributed by atoms with Crippen molar-refractivity contribution in [3.05, 3.63) is 10.1 Å². The van der Waals surface area contributed by atoms with E-state index >= 15 is 0 Å². The molecule has 0 amide bonds. The second-order valence-electron chi connectivity index (χ2n) is 3.35. The molecule has 0 aromatic heterocycles. The fraction of sp³-hybridized carbons (Fsp3) is 0.875. The van der Waals surface area contributed by atoms with Crippen LogP contribution in [0.5, 0.6) is 0 Å². The standard InChI is InChI=1S/C8H14N2O3/c11-9-7-5-3-1-2-4-6-8(7)10(12)13/h8,11H,1-6H2/b9-7+. The first kappa shape index (κ1) is 9.95. The monoisotopic (exact) mass is 186 g/mol. The maximum atomic E-state index is 10.6. The van der Waals surface area contributed by atoms with Crippen molar-refractivity contribution in [3.8, 4) is 0 Å². The average Bonchev–Trinajstić information content (AvgIpc) is 2.03. The van der Waals surface area contributed by atoms with Crippen LogP contribution < -0.4 is 0 Å². The molecule has 0 aliphatic heterocycles. The summed E-state index contributed by atoms with van der Waals surface area (Å²) in [6.45, 7) is 0. The fourth-order valence-corrected chi connectivity index (χ4v) is 1.67. The van der Waals surface area contributed by atoms with Crippen molar-refractivity contribution >= 4 is 5.71 Å². The van der Waals surface area contributed by atoms with Crippen LogP contribution >= 0.6 is 0 Å². The van der Waals surface area contributed by atoms with Crippen molar-refractivity contribution in [2.24, 2.45) is 5.16 Å². The summed E-state index contributed by atoms with van der Waals surface area (Å²) < 4.78 is 0. The first-order chi connectivity index (χ1) is 6.25. The Balaban J connectivity index is 2.67. The van der Waals surface area contributed by atoms with Crippen molar-refractivity contribution in [2.75, 3.05) is 0 Å². The van der Waals surface area contributed by atoms with E-state index in [1.54, 1.807) is 0 Å². The third-order valence-corrected chi connectivity index (χ3v) is 2.43. The fourth-order valence-electron chi connectivity index (χ4n) is 1.67. The number of nitro groups is 1. The van der Waals surface area contributed by atoms with Crippen molar-refractivity contribution in [1.82, 2.24) is 0 Å². The van der Waals surface area contributed by atoms with E-state index in [4.69, 9.17) is 5.21 Å². The minimum Gasteiger partial charge on any atom is -0.411 e. The highest BCUT2D eigenvalue weighted by Gasteiger charge is 2.27. The van der Waals surface area contributed by atoms with Gasteiger partial charge in [0.05, 0.1) is 0 Å². The molecule has 5 heteroatoms. The number of oxime groups is 1. The Morgan fingerprint density at radius 3 is 2.69 bits per heavy atom. The minimum absolute atomic E-state index is 0.338. The third-order valence-electron chi connectivity index (χ3n) is 2.43. The molecule has 0 aromatic carbocycles. The van der Waals surface area contributed by atoms with Crippen LogP contribution in [0.15, 0.2) is 5.16 Å².